The first kappa shape index (κ1) is 17.7. The van der Waals surface area contributed by atoms with E-state index in [1.807, 2.05) is 48.5 Å². The second kappa shape index (κ2) is 7.89. The van der Waals surface area contributed by atoms with Gasteiger partial charge in [-0.1, -0.05) is 42.0 Å². The Hall–Kier alpha value is -3.71. The van der Waals surface area contributed by atoms with Gasteiger partial charge in [-0.25, -0.2) is 0 Å². The van der Waals surface area contributed by atoms with Crippen LogP contribution in [-0.4, -0.2) is 6.79 Å². The fourth-order valence-corrected chi connectivity index (χ4v) is 2.96. The normalized spacial score (nSPS) is 12.5. The summed E-state index contributed by atoms with van der Waals surface area (Å²) in [6, 6.07) is 23.8. The van der Waals surface area contributed by atoms with Crippen LogP contribution in [0.2, 0.25) is 0 Å². The van der Waals surface area contributed by atoms with Crippen molar-refractivity contribution in [3.05, 3.63) is 89.0 Å². The van der Waals surface area contributed by atoms with E-state index < -0.39 is 0 Å². The fourth-order valence-electron chi connectivity index (χ4n) is 2.96. The van der Waals surface area contributed by atoms with Crippen molar-refractivity contribution < 1.29 is 14.2 Å². The van der Waals surface area contributed by atoms with E-state index in [1.165, 1.54) is 5.56 Å². The molecule has 1 heterocycles. The number of benzene rings is 3. The molecule has 0 saturated carbocycles. The third-order valence-electron chi connectivity index (χ3n) is 4.50. The minimum absolute atomic E-state index is 0.213. The second-order valence-electron chi connectivity index (χ2n) is 6.58. The van der Waals surface area contributed by atoms with Crippen LogP contribution >= 0.6 is 0 Å². The van der Waals surface area contributed by atoms with Gasteiger partial charge < -0.3 is 14.2 Å². The lowest BCUT2D eigenvalue weighted by molar-refractivity contribution is 0.174. The first-order valence-electron chi connectivity index (χ1n) is 9.01. The lowest BCUT2D eigenvalue weighted by Gasteiger charge is -2.08. The number of aryl methyl sites for hydroxylation is 1. The Balaban J connectivity index is 1.52. The predicted octanol–water partition coefficient (Wildman–Crippen LogP) is 5.37. The van der Waals surface area contributed by atoms with Crippen LogP contribution in [0.4, 0.5) is 0 Å². The molecule has 138 valence electrons. The van der Waals surface area contributed by atoms with Crippen LogP contribution in [-0.2, 0) is 6.61 Å². The Morgan fingerprint density at radius 3 is 2.68 bits per heavy atom. The van der Waals surface area contributed by atoms with Crippen LogP contribution in [0.25, 0.3) is 11.6 Å². The molecule has 0 radical (unpaired) electrons. The fraction of sp³-hybridized carbons (Fsp3) is 0.125. The number of nitriles is 1. The van der Waals surface area contributed by atoms with Gasteiger partial charge in [-0.3, -0.25) is 0 Å². The summed E-state index contributed by atoms with van der Waals surface area (Å²) in [6.45, 7) is 2.78. The predicted molar refractivity (Wildman–Crippen MR) is 108 cm³/mol. The second-order valence-corrected chi connectivity index (χ2v) is 6.58. The highest BCUT2D eigenvalue weighted by molar-refractivity contribution is 5.90. The summed E-state index contributed by atoms with van der Waals surface area (Å²) in [4.78, 5) is 0. The molecule has 0 aromatic heterocycles. The van der Waals surface area contributed by atoms with E-state index in [-0.39, 0.29) is 6.79 Å². The van der Waals surface area contributed by atoms with Crippen molar-refractivity contribution in [2.45, 2.75) is 13.5 Å². The maximum absolute atomic E-state index is 9.61. The smallest absolute Gasteiger partial charge is 0.231 e. The molecule has 0 spiro atoms. The zero-order valence-corrected chi connectivity index (χ0v) is 15.5. The van der Waals surface area contributed by atoms with E-state index in [4.69, 9.17) is 14.2 Å². The van der Waals surface area contributed by atoms with Gasteiger partial charge in [0, 0.05) is 0 Å². The number of hydrogen-bond acceptors (Lipinski definition) is 4. The standard InChI is InChI=1S/C24H19NO3/c1-17-5-7-18(8-6-17)15-26-22-4-2-3-19(12-22)11-21(14-25)20-9-10-23-24(13-20)28-16-27-23/h2-13H,15-16H2,1H3/b21-11-. The molecule has 0 aliphatic carbocycles. The summed E-state index contributed by atoms with van der Waals surface area (Å²) < 4.78 is 16.6. The van der Waals surface area contributed by atoms with Gasteiger partial charge >= 0.3 is 0 Å². The number of hydrogen-bond donors (Lipinski definition) is 0. The molecule has 3 aromatic rings. The highest BCUT2D eigenvalue weighted by atomic mass is 16.7. The average molecular weight is 369 g/mol. The summed E-state index contributed by atoms with van der Waals surface area (Å²) in [5, 5.41) is 9.61. The number of nitrogens with zero attached hydrogens (tertiary/aromatic N) is 1. The molecule has 4 rings (SSSR count). The Morgan fingerprint density at radius 1 is 1.04 bits per heavy atom. The maximum atomic E-state index is 9.61. The topological polar surface area (TPSA) is 51.5 Å². The van der Waals surface area contributed by atoms with Crippen molar-refractivity contribution >= 4 is 11.6 Å². The van der Waals surface area contributed by atoms with E-state index in [0.29, 0.717) is 23.7 Å². The van der Waals surface area contributed by atoms with E-state index in [1.54, 1.807) is 0 Å². The van der Waals surface area contributed by atoms with Crippen molar-refractivity contribution in [1.82, 2.24) is 0 Å². The molecular weight excluding hydrogens is 350 g/mol. The minimum atomic E-state index is 0.213. The third-order valence-corrected chi connectivity index (χ3v) is 4.50. The molecular formula is C24H19NO3. The van der Waals surface area contributed by atoms with Crippen molar-refractivity contribution in [2.75, 3.05) is 6.79 Å². The van der Waals surface area contributed by atoms with Crippen LogP contribution in [0, 0.1) is 18.3 Å². The van der Waals surface area contributed by atoms with Crippen LogP contribution in [0.15, 0.2) is 66.7 Å². The molecule has 4 nitrogen and oxygen atoms in total. The highest BCUT2D eigenvalue weighted by Crippen LogP contribution is 2.34. The molecule has 1 aliphatic rings. The molecule has 0 N–H and O–H groups in total. The summed E-state index contributed by atoms with van der Waals surface area (Å²) >= 11 is 0. The minimum Gasteiger partial charge on any atom is -0.489 e. The molecule has 0 unspecified atom stereocenters. The molecule has 4 heteroatoms. The summed E-state index contributed by atoms with van der Waals surface area (Å²) in [7, 11) is 0. The summed E-state index contributed by atoms with van der Waals surface area (Å²) in [5.74, 6) is 2.12. The Bertz CT molecular complexity index is 1060. The number of fused-ring (bicyclic) bond motifs is 1. The highest BCUT2D eigenvalue weighted by Gasteiger charge is 2.14. The van der Waals surface area contributed by atoms with Gasteiger partial charge in [-0.15, -0.1) is 0 Å². The number of rotatable bonds is 5. The van der Waals surface area contributed by atoms with Crippen molar-refractivity contribution in [2.24, 2.45) is 0 Å². The largest absolute Gasteiger partial charge is 0.489 e. The van der Waals surface area contributed by atoms with Crippen LogP contribution in [0.5, 0.6) is 17.2 Å². The van der Waals surface area contributed by atoms with Gasteiger partial charge in [0.05, 0.1) is 11.6 Å². The van der Waals surface area contributed by atoms with Crippen LogP contribution in [0.1, 0.15) is 22.3 Å². The number of allylic oxidation sites excluding steroid dienone is 1. The van der Waals surface area contributed by atoms with E-state index >= 15 is 0 Å². The molecule has 0 bridgehead atoms. The summed E-state index contributed by atoms with van der Waals surface area (Å²) in [6.07, 6.45) is 1.84. The SMILES string of the molecule is Cc1ccc(COc2cccc(/C=C(/C#N)c3ccc4c(c3)OCO4)c2)cc1. The average Bonchev–Trinajstić information content (AvgIpc) is 3.20. The van der Waals surface area contributed by atoms with Gasteiger partial charge in [0.15, 0.2) is 11.5 Å². The Kier molecular flexibility index (Phi) is 4.99. The maximum Gasteiger partial charge on any atom is 0.231 e. The van der Waals surface area contributed by atoms with Crippen LogP contribution < -0.4 is 14.2 Å². The Morgan fingerprint density at radius 2 is 1.86 bits per heavy atom. The molecule has 0 atom stereocenters. The third kappa shape index (κ3) is 3.99. The van der Waals surface area contributed by atoms with Crippen molar-refractivity contribution in [1.29, 1.82) is 5.26 Å². The molecule has 28 heavy (non-hydrogen) atoms. The first-order valence-corrected chi connectivity index (χ1v) is 9.01. The molecule has 0 saturated heterocycles. The van der Waals surface area contributed by atoms with Gasteiger partial charge in [0.25, 0.3) is 0 Å². The monoisotopic (exact) mass is 369 g/mol. The first-order chi connectivity index (χ1) is 13.7. The number of ether oxygens (including phenoxy) is 3. The quantitative estimate of drug-likeness (QED) is 0.448. The van der Waals surface area contributed by atoms with Crippen molar-refractivity contribution in [3.63, 3.8) is 0 Å². The molecule has 3 aromatic carbocycles. The van der Waals surface area contributed by atoms with E-state index in [9.17, 15) is 5.26 Å². The lowest BCUT2D eigenvalue weighted by atomic mass is 10.0. The lowest BCUT2D eigenvalue weighted by Crippen LogP contribution is -1.95. The molecule has 1 aliphatic heterocycles. The van der Waals surface area contributed by atoms with Crippen LogP contribution in [0.3, 0.4) is 0 Å². The molecule has 0 fully saturated rings. The van der Waals surface area contributed by atoms with Gasteiger partial charge in [0.1, 0.15) is 12.4 Å². The summed E-state index contributed by atoms with van der Waals surface area (Å²) in [5.41, 5.74) is 4.58. The van der Waals surface area contributed by atoms with E-state index in [2.05, 4.69) is 37.3 Å². The zero-order valence-electron chi connectivity index (χ0n) is 15.5. The van der Waals surface area contributed by atoms with E-state index in [0.717, 1.165) is 22.4 Å². The van der Waals surface area contributed by atoms with Gasteiger partial charge in [-0.2, -0.15) is 5.26 Å². The van der Waals surface area contributed by atoms with Gasteiger partial charge in [-0.05, 0) is 60.0 Å². The Labute approximate surface area is 164 Å². The zero-order chi connectivity index (χ0) is 19.3. The molecule has 0 amide bonds. The van der Waals surface area contributed by atoms with Crippen molar-refractivity contribution in [3.8, 4) is 23.3 Å². The van der Waals surface area contributed by atoms with Gasteiger partial charge in [0.2, 0.25) is 6.79 Å².